The molecule has 1 N–H and O–H groups in total. The molecule has 4 aromatic rings. The number of halogens is 1. The van der Waals surface area contributed by atoms with Gasteiger partial charge in [-0.25, -0.2) is 8.42 Å². The summed E-state index contributed by atoms with van der Waals surface area (Å²) >= 11 is 6.09. The van der Waals surface area contributed by atoms with Crippen molar-refractivity contribution in [3.8, 4) is 5.75 Å². The molecule has 1 saturated carbocycles. The van der Waals surface area contributed by atoms with Crippen molar-refractivity contribution in [3.05, 3.63) is 125 Å². The summed E-state index contributed by atoms with van der Waals surface area (Å²) in [7, 11) is -4.24. The fraction of sp³-hybridized carbons (Fsp3) is 0.316. The monoisotopic (exact) mass is 687 g/mol. The van der Waals surface area contributed by atoms with Crippen LogP contribution < -0.4 is 14.4 Å². The van der Waals surface area contributed by atoms with Crippen molar-refractivity contribution < 1.29 is 22.7 Å². The largest absolute Gasteiger partial charge is 0.494 e. The van der Waals surface area contributed by atoms with Gasteiger partial charge in [-0.15, -0.1) is 0 Å². The SMILES string of the molecule is CCOc1ccc(N(CC(=O)N(Cc2ccccc2)[C@@H](Cc2ccccc2)C(=O)NC2CCCCC2)S(=O)(=O)c2ccc(Cl)cc2)cc1. The molecule has 2 amide bonds. The zero-order valence-corrected chi connectivity index (χ0v) is 28.7. The van der Waals surface area contributed by atoms with E-state index in [1.54, 1.807) is 24.3 Å². The zero-order chi connectivity index (χ0) is 33.9. The number of nitrogens with one attached hydrogen (secondary N) is 1. The van der Waals surface area contributed by atoms with Gasteiger partial charge in [0, 0.05) is 24.0 Å². The molecule has 0 heterocycles. The van der Waals surface area contributed by atoms with Gasteiger partial charge in [0.05, 0.1) is 17.2 Å². The first-order chi connectivity index (χ1) is 23.2. The van der Waals surface area contributed by atoms with E-state index in [2.05, 4.69) is 5.32 Å². The first-order valence-electron chi connectivity index (χ1n) is 16.4. The third-order valence-corrected chi connectivity index (χ3v) is 10.6. The van der Waals surface area contributed by atoms with Crippen LogP contribution in [0.5, 0.6) is 5.75 Å². The molecule has 5 rings (SSSR count). The number of hydrogen-bond acceptors (Lipinski definition) is 5. The van der Waals surface area contributed by atoms with Gasteiger partial charge in [-0.1, -0.05) is 91.5 Å². The number of hydrogen-bond donors (Lipinski definition) is 1. The molecule has 252 valence electrons. The Balaban J connectivity index is 1.55. The lowest BCUT2D eigenvalue weighted by Gasteiger charge is -2.35. The fourth-order valence-electron chi connectivity index (χ4n) is 6.02. The minimum absolute atomic E-state index is 0.0147. The van der Waals surface area contributed by atoms with Gasteiger partial charge in [-0.2, -0.15) is 0 Å². The van der Waals surface area contributed by atoms with E-state index in [4.69, 9.17) is 16.3 Å². The number of nitrogens with zero attached hydrogens (tertiary/aromatic N) is 2. The quantitative estimate of drug-likeness (QED) is 0.154. The molecule has 1 fully saturated rings. The van der Waals surface area contributed by atoms with Crippen LogP contribution in [0.25, 0.3) is 0 Å². The smallest absolute Gasteiger partial charge is 0.264 e. The van der Waals surface area contributed by atoms with Gasteiger partial charge in [0.25, 0.3) is 10.0 Å². The number of amides is 2. The molecular weight excluding hydrogens is 646 g/mol. The van der Waals surface area contributed by atoms with Gasteiger partial charge in [-0.05, 0) is 79.4 Å². The molecule has 1 atom stereocenters. The van der Waals surface area contributed by atoms with E-state index in [0.29, 0.717) is 17.4 Å². The summed E-state index contributed by atoms with van der Waals surface area (Å²) in [6.45, 7) is 1.90. The van der Waals surface area contributed by atoms with Gasteiger partial charge >= 0.3 is 0 Å². The standard InChI is InChI=1S/C38H42ClN3O5S/c1-2-47-34-22-20-33(21-23-34)42(48(45,46)35-24-18-31(39)19-25-35)28-37(43)41(27-30-14-8-4-9-15-30)36(26-29-12-6-3-7-13-29)38(44)40-32-16-10-5-11-17-32/h3-4,6-9,12-15,18-25,32,36H,2,5,10-11,16-17,26-28H2,1H3,(H,40,44)/t36-/m0/s1. The van der Waals surface area contributed by atoms with E-state index in [1.807, 2.05) is 67.6 Å². The summed E-state index contributed by atoms with van der Waals surface area (Å²) in [4.78, 5) is 30.4. The van der Waals surface area contributed by atoms with Crippen LogP contribution in [-0.2, 0) is 32.6 Å². The second-order valence-electron chi connectivity index (χ2n) is 11.9. The summed E-state index contributed by atoms with van der Waals surface area (Å²) in [6.07, 6.45) is 5.27. The normalized spacial score (nSPS) is 14.1. The fourth-order valence-corrected chi connectivity index (χ4v) is 7.56. The highest BCUT2D eigenvalue weighted by atomic mass is 35.5. The Morgan fingerprint density at radius 2 is 1.44 bits per heavy atom. The molecule has 0 radical (unpaired) electrons. The number of sulfonamides is 1. The molecule has 48 heavy (non-hydrogen) atoms. The average Bonchev–Trinajstić information content (AvgIpc) is 3.10. The first-order valence-corrected chi connectivity index (χ1v) is 18.2. The highest BCUT2D eigenvalue weighted by Gasteiger charge is 2.35. The molecule has 4 aromatic carbocycles. The topological polar surface area (TPSA) is 96.0 Å². The lowest BCUT2D eigenvalue weighted by molar-refractivity contribution is -0.140. The highest BCUT2D eigenvalue weighted by Crippen LogP contribution is 2.28. The summed E-state index contributed by atoms with van der Waals surface area (Å²) in [5.41, 5.74) is 2.00. The van der Waals surface area contributed by atoms with Gasteiger partial charge in [0.2, 0.25) is 11.8 Å². The zero-order valence-electron chi connectivity index (χ0n) is 27.1. The van der Waals surface area contributed by atoms with Crippen LogP contribution in [0.15, 0.2) is 114 Å². The maximum atomic E-state index is 14.7. The summed E-state index contributed by atoms with van der Waals surface area (Å²) in [6, 6.07) is 30.6. The van der Waals surface area contributed by atoms with Crippen LogP contribution in [-0.4, -0.2) is 50.4 Å². The van der Waals surface area contributed by atoms with E-state index < -0.39 is 28.5 Å². The predicted octanol–water partition coefficient (Wildman–Crippen LogP) is 7.02. The summed E-state index contributed by atoms with van der Waals surface area (Å²) in [5, 5.41) is 3.62. The molecule has 1 aliphatic rings. The van der Waals surface area contributed by atoms with E-state index >= 15 is 0 Å². The highest BCUT2D eigenvalue weighted by molar-refractivity contribution is 7.92. The van der Waals surface area contributed by atoms with Crippen molar-refractivity contribution in [2.45, 2.75) is 69.0 Å². The molecular formula is C38H42ClN3O5S. The van der Waals surface area contributed by atoms with Crippen molar-refractivity contribution in [1.82, 2.24) is 10.2 Å². The molecule has 0 aromatic heterocycles. The predicted molar refractivity (Wildman–Crippen MR) is 190 cm³/mol. The summed E-state index contributed by atoms with van der Waals surface area (Å²) < 4.78 is 35.1. The number of ether oxygens (including phenoxy) is 1. The van der Waals surface area contributed by atoms with Crippen molar-refractivity contribution in [2.24, 2.45) is 0 Å². The Labute approximate surface area is 288 Å². The van der Waals surface area contributed by atoms with Crippen LogP contribution in [0.3, 0.4) is 0 Å². The van der Waals surface area contributed by atoms with E-state index in [1.165, 1.54) is 29.2 Å². The van der Waals surface area contributed by atoms with Crippen molar-refractivity contribution >= 4 is 39.1 Å². The third-order valence-electron chi connectivity index (χ3n) is 8.53. The van der Waals surface area contributed by atoms with Crippen LogP contribution >= 0.6 is 11.6 Å². The number of carbonyl (C=O) groups is 2. The lowest BCUT2D eigenvalue weighted by atomic mass is 9.94. The minimum atomic E-state index is -4.24. The Hall–Kier alpha value is -4.34. The molecule has 0 bridgehead atoms. The molecule has 1 aliphatic carbocycles. The van der Waals surface area contributed by atoms with Crippen molar-refractivity contribution in [3.63, 3.8) is 0 Å². The Kier molecular flexibility index (Phi) is 12.1. The molecule has 0 saturated heterocycles. The van der Waals surface area contributed by atoms with Gasteiger partial charge in [0.15, 0.2) is 0 Å². The second kappa shape index (κ2) is 16.7. The minimum Gasteiger partial charge on any atom is -0.494 e. The Morgan fingerprint density at radius 1 is 0.833 bits per heavy atom. The van der Waals surface area contributed by atoms with E-state index in [0.717, 1.165) is 47.5 Å². The Morgan fingerprint density at radius 3 is 2.04 bits per heavy atom. The summed E-state index contributed by atoms with van der Waals surface area (Å²) in [5.74, 6) is -0.183. The lowest BCUT2D eigenvalue weighted by Crippen LogP contribution is -2.55. The third kappa shape index (κ3) is 9.17. The van der Waals surface area contributed by atoms with Crippen LogP contribution in [0.1, 0.15) is 50.2 Å². The average molecular weight is 688 g/mol. The van der Waals surface area contributed by atoms with Crippen molar-refractivity contribution in [2.75, 3.05) is 17.5 Å². The molecule has 0 spiro atoms. The maximum Gasteiger partial charge on any atom is 0.264 e. The Bertz CT molecular complexity index is 1730. The number of rotatable bonds is 14. The molecule has 0 aliphatic heterocycles. The van der Waals surface area contributed by atoms with Crippen LogP contribution in [0, 0.1) is 0 Å². The van der Waals surface area contributed by atoms with Gasteiger partial charge in [0.1, 0.15) is 18.3 Å². The number of anilines is 1. The van der Waals surface area contributed by atoms with E-state index in [-0.39, 0.29) is 35.5 Å². The van der Waals surface area contributed by atoms with Crippen molar-refractivity contribution in [1.29, 1.82) is 0 Å². The van der Waals surface area contributed by atoms with Gasteiger partial charge < -0.3 is 15.0 Å². The molecule has 8 nitrogen and oxygen atoms in total. The second-order valence-corrected chi connectivity index (χ2v) is 14.2. The first kappa shape index (κ1) is 35.0. The van der Waals surface area contributed by atoms with Crippen LogP contribution in [0.4, 0.5) is 5.69 Å². The number of benzene rings is 4. The number of carbonyl (C=O) groups excluding carboxylic acids is 2. The molecule has 10 heteroatoms. The molecule has 0 unspecified atom stereocenters. The van der Waals surface area contributed by atoms with Gasteiger partial charge in [-0.3, -0.25) is 13.9 Å². The van der Waals surface area contributed by atoms with E-state index in [9.17, 15) is 18.0 Å². The maximum absolute atomic E-state index is 14.7. The van der Waals surface area contributed by atoms with Crippen LogP contribution in [0.2, 0.25) is 5.02 Å².